The Kier molecular flexibility index (Phi) is 7.15. The van der Waals surface area contributed by atoms with Gasteiger partial charge in [-0.25, -0.2) is 0 Å². The third-order valence-corrected chi connectivity index (χ3v) is 4.61. The number of hydrogen-bond donors (Lipinski definition) is 1. The second-order valence-electron chi connectivity index (χ2n) is 6.58. The molecule has 0 aliphatic heterocycles. The molecule has 2 rings (SSSR count). The second kappa shape index (κ2) is 9.35. The summed E-state index contributed by atoms with van der Waals surface area (Å²) in [5.74, 6) is 0.0313. The molecule has 0 unspecified atom stereocenters. The largest absolute Gasteiger partial charge is 0.346 e. The molecule has 0 aromatic carbocycles. The fraction of sp³-hybridized carbons (Fsp3) is 0.667. The quantitative estimate of drug-likeness (QED) is 0.702. The average molecular weight is 333 g/mol. The van der Waals surface area contributed by atoms with Crippen molar-refractivity contribution in [3.63, 3.8) is 0 Å². The predicted molar refractivity (Wildman–Crippen MR) is 91.5 cm³/mol. The number of amides is 1. The van der Waals surface area contributed by atoms with E-state index in [0.717, 1.165) is 44.9 Å². The molecule has 1 N–H and O–H groups in total. The van der Waals surface area contributed by atoms with Crippen LogP contribution in [0.25, 0.3) is 0 Å². The highest BCUT2D eigenvalue weighted by molar-refractivity contribution is 5.89. The third kappa shape index (κ3) is 5.58. The lowest BCUT2D eigenvalue weighted by Crippen LogP contribution is -2.44. The molecule has 1 aromatic heterocycles. The van der Waals surface area contributed by atoms with Gasteiger partial charge >= 0.3 is 0 Å². The van der Waals surface area contributed by atoms with Crippen LogP contribution in [0.15, 0.2) is 23.4 Å². The Balaban J connectivity index is 1.97. The van der Waals surface area contributed by atoms with Gasteiger partial charge in [-0.2, -0.15) is 4.98 Å². The molecule has 6 nitrogen and oxygen atoms in total. The number of unbranched alkanes of at least 4 members (excludes halogenated alkanes) is 2. The highest BCUT2D eigenvalue weighted by atomic mass is 16.2. The molecule has 1 aliphatic rings. The van der Waals surface area contributed by atoms with Gasteiger partial charge in [0.05, 0.1) is 18.9 Å². The summed E-state index contributed by atoms with van der Waals surface area (Å²) in [6.45, 7) is 2.23. The van der Waals surface area contributed by atoms with Crippen LogP contribution < -0.4 is 10.9 Å². The van der Waals surface area contributed by atoms with Crippen molar-refractivity contribution in [2.24, 2.45) is 5.92 Å². The summed E-state index contributed by atoms with van der Waals surface area (Å²) in [6, 6.07) is 0.875. The van der Waals surface area contributed by atoms with E-state index in [4.69, 9.17) is 0 Å². The Labute approximate surface area is 142 Å². The van der Waals surface area contributed by atoms with E-state index in [0.29, 0.717) is 6.42 Å². The predicted octanol–water partition coefficient (Wildman–Crippen LogP) is 2.07. The number of aromatic nitrogens is 2. The van der Waals surface area contributed by atoms with Crippen LogP contribution in [0.3, 0.4) is 0 Å². The lowest BCUT2D eigenvalue weighted by molar-refractivity contribution is -0.130. The van der Waals surface area contributed by atoms with Gasteiger partial charge in [-0.05, 0) is 19.3 Å². The number of ketones is 1. The first kappa shape index (κ1) is 18.4. The Bertz CT molecular complexity index is 585. The van der Waals surface area contributed by atoms with Gasteiger partial charge in [0.15, 0.2) is 5.78 Å². The Hall–Kier alpha value is -1.98. The number of Topliss-reactive ketones (excluding diaryl/α,β-unsaturated/α-hetero) is 1. The highest BCUT2D eigenvalue weighted by Crippen LogP contribution is 2.25. The molecule has 1 fully saturated rings. The Morgan fingerprint density at radius 1 is 1.33 bits per heavy atom. The molecule has 0 radical (unpaired) electrons. The van der Waals surface area contributed by atoms with E-state index in [1.54, 1.807) is 10.8 Å². The molecule has 24 heavy (non-hydrogen) atoms. The lowest BCUT2D eigenvalue weighted by Gasteiger charge is -2.20. The molecule has 1 amide bonds. The van der Waals surface area contributed by atoms with Crippen molar-refractivity contribution in [3.05, 3.63) is 28.9 Å². The molecule has 0 saturated heterocycles. The third-order valence-electron chi connectivity index (χ3n) is 4.61. The first-order valence-corrected chi connectivity index (χ1v) is 8.95. The van der Waals surface area contributed by atoms with Gasteiger partial charge in [-0.1, -0.05) is 39.0 Å². The molecule has 1 heterocycles. The molecule has 1 saturated carbocycles. The second-order valence-corrected chi connectivity index (χ2v) is 6.58. The van der Waals surface area contributed by atoms with Crippen molar-refractivity contribution >= 4 is 11.7 Å². The summed E-state index contributed by atoms with van der Waals surface area (Å²) < 4.78 is 1.58. The van der Waals surface area contributed by atoms with Crippen LogP contribution >= 0.6 is 0 Å². The molecule has 1 aromatic rings. The zero-order valence-corrected chi connectivity index (χ0v) is 14.4. The van der Waals surface area contributed by atoms with Gasteiger partial charge in [-0.15, -0.1) is 0 Å². The molecule has 0 bridgehead atoms. The van der Waals surface area contributed by atoms with Gasteiger partial charge in [0.1, 0.15) is 0 Å². The minimum atomic E-state index is -0.455. The molecule has 6 heteroatoms. The zero-order valence-electron chi connectivity index (χ0n) is 14.4. The maximum Gasteiger partial charge on any atom is 0.272 e. The minimum Gasteiger partial charge on any atom is -0.346 e. The first-order chi connectivity index (χ1) is 11.6. The number of hydrogen-bond acceptors (Lipinski definition) is 4. The van der Waals surface area contributed by atoms with E-state index in [9.17, 15) is 14.4 Å². The van der Waals surface area contributed by atoms with Gasteiger partial charge in [-0.3, -0.25) is 14.4 Å². The molecule has 0 spiro atoms. The van der Waals surface area contributed by atoms with Crippen molar-refractivity contribution in [2.75, 3.05) is 0 Å². The summed E-state index contributed by atoms with van der Waals surface area (Å²) in [7, 11) is 0. The van der Waals surface area contributed by atoms with Crippen molar-refractivity contribution in [1.29, 1.82) is 0 Å². The van der Waals surface area contributed by atoms with Crippen LogP contribution in [-0.4, -0.2) is 27.3 Å². The monoisotopic (exact) mass is 333 g/mol. The fourth-order valence-electron chi connectivity index (χ4n) is 3.15. The van der Waals surface area contributed by atoms with Crippen molar-refractivity contribution < 1.29 is 9.59 Å². The van der Waals surface area contributed by atoms with E-state index in [-0.39, 0.29) is 29.7 Å². The van der Waals surface area contributed by atoms with E-state index in [2.05, 4.69) is 17.2 Å². The molecular weight excluding hydrogens is 306 g/mol. The van der Waals surface area contributed by atoms with Crippen LogP contribution in [0.2, 0.25) is 0 Å². The van der Waals surface area contributed by atoms with E-state index < -0.39 is 6.04 Å². The fourth-order valence-corrected chi connectivity index (χ4v) is 3.15. The Morgan fingerprint density at radius 3 is 2.71 bits per heavy atom. The first-order valence-electron chi connectivity index (χ1n) is 8.95. The number of nitrogens with zero attached hydrogens (tertiary/aromatic N) is 2. The van der Waals surface area contributed by atoms with E-state index in [1.807, 2.05) is 0 Å². The molecule has 1 atom stereocenters. The average Bonchev–Trinajstić information content (AvgIpc) is 3.10. The number of nitrogens with one attached hydrogen (secondary N) is 1. The normalized spacial score (nSPS) is 16.0. The van der Waals surface area contributed by atoms with E-state index >= 15 is 0 Å². The van der Waals surface area contributed by atoms with E-state index in [1.165, 1.54) is 12.4 Å². The standard InChI is InChI=1S/C18H27N3O3/c1-2-3-4-9-15(20-18(24)14-7-5-6-8-14)16(22)12-21-11-10-17(23)19-13-21/h10-11,13-15H,2-9,12H2,1H3,(H,20,24)/t15-/m0/s1. The maximum absolute atomic E-state index is 12.6. The van der Waals surface area contributed by atoms with Gasteiger partial charge < -0.3 is 9.88 Å². The van der Waals surface area contributed by atoms with Crippen molar-refractivity contribution in [2.45, 2.75) is 70.9 Å². The maximum atomic E-state index is 12.6. The Morgan fingerprint density at radius 2 is 2.08 bits per heavy atom. The summed E-state index contributed by atoms with van der Waals surface area (Å²) in [6.07, 6.45) is 10.6. The summed E-state index contributed by atoms with van der Waals surface area (Å²) in [4.78, 5) is 39.7. The molecule has 1 aliphatic carbocycles. The number of carbonyl (C=O) groups excluding carboxylic acids is 2. The van der Waals surface area contributed by atoms with Crippen LogP contribution in [0.4, 0.5) is 0 Å². The van der Waals surface area contributed by atoms with Gasteiger partial charge in [0.2, 0.25) is 5.91 Å². The summed E-state index contributed by atoms with van der Waals surface area (Å²) in [5.41, 5.74) is -0.326. The van der Waals surface area contributed by atoms with Crippen molar-refractivity contribution in [1.82, 2.24) is 14.9 Å². The SMILES string of the molecule is CCCCC[C@H](NC(=O)C1CCCC1)C(=O)Cn1ccc(=O)nc1. The zero-order chi connectivity index (χ0) is 17.4. The van der Waals surface area contributed by atoms with Crippen LogP contribution in [-0.2, 0) is 16.1 Å². The van der Waals surface area contributed by atoms with Crippen molar-refractivity contribution in [3.8, 4) is 0 Å². The summed E-state index contributed by atoms with van der Waals surface area (Å²) >= 11 is 0. The molecular formula is C18H27N3O3. The highest BCUT2D eigenvalue weighted by Gasteiger charge is 2.27. The topological polar surface area (TPSA) is 81.1 Å². The lowest BCUT2D eigenvalue weighted by atomic mass is 10.0. The summed E-state index contributed by atoms with van der Waals surface area (Å²) in [5, 5.41) is 2.97. The van der Waals surface area contributed by atoms with Crippen LogP contribution in [0.1, 0.15) is 58.3 Å². The minimum absolute atomic E-state index is 0.0142. The molecule has 132 valence electrons. The van der Waals surface area contributed by atoms with Crippen LogP contribution in [0.5, 0.6) is 0 Å². The van der Waals surface area contributed by atoms with Gasteiger partial charge in [0, 0.05) is 18.2 Å². The number of rotatable bonds is 9. The van der Waals surface area contributed by atoms with Gasteiger partial charge in [0.25, 0.3) is 5.56 Å². The number of carbonyl (C=O) groups is 2. The smallest absolute Gasteiger partial charge is 0.272 e. The van der Waals surface area contributed by atoms with Crippen LogP contribution in [0, 0.1) is 5.92 Å².